The van der Waals surface area contributed by atoms with Gasteiger partial charge in [-0.25, -0.2) is 0 Å². The zero-order valence-corrected chi connectivity index (χ0v) is 11.3. The zero-order valence-electron chi connectivity index (χ0n) is 10.5. The predicted molar refractivity (Wildman–Crippen MR) is 72.0 cm³/mol. The van der Waals surface area contributed by atoms with Gasteiger partial charge in [-0.1, -0.05) is 23.7 Å². The average molecular weight is 269 g/mol. The van der Waals surface area contributed by atoms with Crippen molar-refractivity contribution < 1.29 is 9.53 Å². The van der Waals surface area contributed by atoms with Crippen LogP contribution in [0.5, 0.6) is 0 Å². The van der Waals surface area contributed by atoms with Gasteiger partial charge in [0.15, 0.2) is 0 Å². The minimum absolute atomic E-state index is 0.0641. The monoisotopic (exact) mass is 268 g/mol. The lowest BCUT2D eigenvalue weighted by atomic mass is 10.1. The molecule has 2 unspecified atom stereocenters. The molecular weight excluding hydrogens is 252 g/mol. The fourth-order valence-corrected chi connectivity index (χ4v) is 2.35. The lowest BCUT2D eigenvalue weighted by Crippen LogP contribution is -2.35. The van der Waals surface area contributed by atoms with E-state index in [1.807, 2.05) is 19.1 Å². The highest BCUT2D eigenvalue weighted by Gasteiger charge is 2.29. The summed E-state index contributed by atoms with van der Waals surface area (Å²) < 4.78 is 5.22. The number of amides is 1. The Kier molecular flexibility index (Phi) is 4.22. The lowest BCUT2D eigenvalue weighted by molar-refractivity contribution is -0.118. The molecule has 1 fully saturated rings. The van der Waals surface area contributed by atoms with Crippen LogP contribution in [0, 0.1) is 6.92 Å². The van der Waals surface area contributed by atoms with Gasteiger partial charge in [-0.2, -0.15) is 0 Å². The number of rotatable bonds is 3. The summed E-state index contributed by atoms with van der Waals surface area (Å²) in [4.78, 5) is 12.1. The number of ether oxygens (including phenoxy) is 1. The number of methoxy groups -OCH3 is 1. The van der Waals surface area contributed by atoms with E-state index in [0.717, 1.165) is 5.56 Å². The second-order valence-corrected chi connectivity index (χ2v) is 4.88. The lowest BCUT2D eigenvalue weighted by Gasteiger charge is -2.14. The molecule has 2 rings (SSSR count). The van der Waals surface area contributed by atoms with E-state index in [1.54, 1.807) is 13.2 Å². The minimum Gasteiger partial charge on any atom is -0.380 e. The van der Waals surface area contributed by atoms with Crippen LogP contribution in [0.1, 0.15) is 12.0 Å². The molecule has 0 saturated carbocycles. The van der Waals surface area contributed by atoms with Gasteiger partial charge in [0.05, 0.1) is 22.9 Å². The first-order valence-electron chi connectivity index (χ1n) is 5.94. The number of nitrogens with one attached hydrogen (secondary N) is 2. The van der Waals surface area contributed by atoms with Crippen LogP contribution in [0.15, 0.2) is 18.2 Å². The number of carbonyl (C=O) groups is 1. The van der Waals surface area contributed by atoms with E-state index in [4.69, 9.17) is 16.3 Å². The van der Waals surface area contributed by atoms with Crippen LogP contribution in [0.3, 0.4) is 0 Å². The van der Waals surface area contributed by atoms with E-state index in [1.165, 1.54) is 0 Å². The minimum atomic E-state index is -0.217. The smallest absolute Gasteiger partial charge is 0.241 e. The van der Waals surface area contributed by atoms with Gasteiger partial charge >= 0.3 is 0 Å². The fourth-order valence-electron chi connectivity index (χ4n) is 2.08. The molecule has 18 heavy (non-hydrogen) atoms. The predicted octanol–water partition coefficient (Wildman–Crippen LogP) is 1.96. The molecule has 1 aliphatic rings. The second-order valence-electron chi connectivity index (χ2n) is 4.48. The molecule has 0 spiro atoms. The van der Waals surface area contributed by atoms with Crippen molar-refractivity contribution in [3.05, 3.63) is 28.8 Å². The molecular formula is C13H17ClN2O2. The summed E-state index contributed by atoms with van der Waals surface area (Å²) in [7, 11) is 1.66. The molecule has 1 aliphatic heterocycles. The van der Waals surface area contributed by atoms with Crippen molar-refractivity contribution in [2.24, 2.45) is 0 Å². The summed E-state index contributed by atoms with van der Waals surface area (Å²) in [6, 6.07) is 5.33. The maximum Gasteiger partial charge on any atom is 0.241 e. The van der Waals surface area contributed by atoms with Gasteiger partial charge in [0.1, 0.15) is 0 Å². The first-order chi connectivity index (χ1) is 8.61. The van der Waals surface area contributed by atoms with Crippen molar-refractivity contribution in [3.8, 4) is 0 Å². The van der Waals surface area contributed by atoms with Gasteiger partial charge < -0.3 is 15.4 Å². The molecule has 1 heterocycles. The summed E-state index contributed by atoms with van der Waals surface area (Å²) in [6.07, 6.45) is 0.791. The van der Waals surface area contributed by atoms with Crippen molar-refractivity contribution >= 4 is 23.2 Å². The van der Waals surface area contributed by atoms with E-state index in [9.17, 15) is 4.79 Å². The molecule has 0 aliphatic carbocycles. The highest BCUT2D eigenvalue weighted by atomic mass is 35.5. The van der Waals surface area contributed by atoms with Gasteiger partial charge in [-0.3, -0.25) is 4.79 Å². The number of hydrogen-bond donors (Lipinski definition) is 2. The number of hydrogen-bond acceptors (Lipinski definition) is 3. The number of para-hydroxylation sites is 1. The van der Waals surface area contributed by atoms with Crippen molar-refractivity contribution in [1.82, 2.24) is 5.32 Å². The molecule has 0 aromatic heterocycles. The topological polar surface area (TPSA) is 50.4 Å². The Morgan fingerprint density at radius 3 is 2.94 bits per heavy atom. The Morgan fingerprint density at radius 1 is 1.56 bits per heavy atom. The molecule has 1 amide bonds. The Bertz CT molecular complexity index is 430. The van der Waals surface area contributed by atoms with Gasteiger partial charge in [-0.05, 0) is 25.0 Å². The fraction of sp³-hybridized carbons (Fsp3) is 0.462. The van der Waals surface area contributed by atoms with Gasteiger partial charge in [0.25, 0.3) is 0 Å². The van der Waals surface area contributed by atoms with Crippen LogP contribution < -0.4 is 10.6 Å². The van der Waals surface area contributed by atoms with Crippen molar-refractivity contribution in [2.75, 3.05) is 19.0 Å². The maximum absolute atomic E-state index is 12.1. The summed E-state index contributed by atoms with van der Waals surface area (Å²) in [5.74, 6) is -0.0641. The summed E-state index contributed by atoms with van der Waals surface area (Å²) in [5, 5.41) is 6.57. The van der Waals surface area contributed by atoms with Crippen LogP contribution in [0.2, 0.25) is 5.02 Å². The number of carbonyl (C=O) groups excluding carboxylic acids is 1. The van der Waals surface area contributed by atoms with Crippen molar-refractivity contribution in [1.29, 1.82) is 0 Å². The quantitative estimate of drug-likeness (QED) is 0.881. The van der Waals surface area contributed by atoms with E-state index >= 15 is 0 Å². The summed E-state index contributed by atoms with van der Waals surface area (Å²) in [6.45, 7) is 2.62. The SMILES string of the molecule is COC1CNC(C(=O)Nc2c(C)cccc2Cl)C1. The van der Waals surface area contributed by atoms with E-state index < -0.39 is 0 Å². The van der Waals surface area contributed by atoms with Crippen LogP contribution in [0.4, 0.5) is 5.69 Å². The molecule has 2 atom stereocenters. The molecule has 5 heteroatoms. The number of halogens is 1. The molecule has 1 saturated heterocycles. The summed E-state index contributed by atoms with van der Waals surface area (Å²) in [5.41, 5.74) is 1.64. The Hall–Kier alpha value is -1.10. The molecule has 1 aromatic carbocycles. The second kappa shape index (κ2) is 5.69. The summed E-state index contributed by atoms with van der Waals surface area (Å²) >= 11 is 6.08. The van der Waals surface area contributed by atoms with Crippen molar-refractivity contribution in [3.63, 3.8) is 0 Å². The molecule has 0 radical (unpaired) electrons. The van der Waals surface area contributed by atoms with Gasteiger partial charge in [-0.15, -0.1) is 0 Å². The van der Waals surface area contributed by atoms with E-state index in [2.05, 4.69) is 10.6 Å². The number of benzene rings is 1. The number of aryl methyl sites for hydroxylation is 1. The third-order valence-corrected chi connectivity index (χ3v) is 3.53. The number of anilines is 1. The third kappa shape index (κ3) is 2.83. The highest BCUT2D eigenvalue weighted by Crippen LogP contribution is 2.25. The largest absolute Gasteiger partial charge is 0.380 e. The average Bonchev–Trinajstić information content (AvgIpc) is 2.82. The standard InChI is InChI=1S/C13H17ClN2O2/c1-8-4-3-5-10(14)12(8)16-13(17)11-6-9(18-2)7-15-11/h3-5,9,11,15H,6-7H2,1-2H3,(H,16,17). The zero-order chi connectivity index (χ0) is 13.1. The van der Waals surface area contributed by atoms with Crippen LogP contribution in [0.25, 0.3) is 0 Å². The molecule has 1 aromatic rings. The van der Waals surface area contributed by atoms with E-state index in [-0.39, 0.29) is 18.1 Å². The third-order valence-electron chi connectivity index (χ3n) is 3.21. The molecule has 2 N–H and O–H groups in total. The normalized spacial score (nSPS) is 23.1. The van der Waals surface area contributed by atoms with Crippen LogP contribution >= 0.6 is 11.6 Å². The van der Waals surface area contributed by atoms with Crippen LogP contribution in [-0.4, -0.2) is 31.7 Å². The van der Waals surface area contributed by atoms with Crippen LogP contribution in [-0.2, 0) is 9.53 Å². The first kappa shape index (κ1) is 13.3. The highest BCUT2D eigenvalue weighted by molar-refractivity contribution is 6.34. The Labute approximate surface area is 112 Å². The molecule has 4 nitrogen and oxygen atoms in total. The maximum atomic E-state index is 12.1. The van der Waals surface area contributed by atoms with Crippen molar-refractivity contribution in [2.45, 2.75) is 25.5 Å². The molecule has 98 valence electrons. The van der Waals surface area contributed by atoms with E-state index in [0.29, 0.717) is 23.7 Å². The Morgan fingerprint density at radius 2 is 2.33 bits per heavy atom. The Balaban J connectivity index is 2.04. The van der Waals surface area contributed by atoms with Gasteiger partial charge in [0, 0.05) is 13.7 Å². The molecule has 0 bridgehead atoms. The van der Waals surface area contributed by atoms with Gasteiger partial charge in [0.2, 0.25) is 5.91 Å². The first-order valence-corrected chi connectivity index (χ1v) is 6.31.